The van der Waals surface area contributed by atoms with E-state index < -0.39 is 0 Å². The van der Waals surface area contributed by atoms with E-state index in [1.54, 1.807) is 0 Å². The van der Waals surface area contributed by atoms with Crippen molar-refractivity contribution in [3.8, 4) is 0 Å². The van der Waals surface area contributed by atoms with Crippen LogP contribution in [0.3, 0.4) is 0 Å². The van der Waals surface area contributed by atoms with E-state index in [0.29, 0.717) is 6.04 Å². The van der Waals surface area contributed by atoms with Crippen molar-refractivity contribution in [2.24, 2.45) is 0 Å². The maximum Gasteiger partial charge on any atom is 0.107 e. The molecule has 3 aromatic rings. The third kappa shape index (κ3) is 1.72. The number of aromatic nitrogens is 3. The molecule has 0 N–H and O–H groups in total. The number of imidazole rings is 1. The number of likely N-dealkylation sites (N-methyl/N-ethyl adjacent to an activating group) is 1. The van der Waals surface area contributed by atoms with Crippen molar-refractivity contribution >= 4 is 21.9 Å². The van der Waals surface area contributed by atoms with Crippen LogP contribution in [0.2, 0.25) is 0 Å². The van der Waals surface area contributed by atoms with Gasteiger partial charge in [0.05, 0.1) is 23.6 Å². The first-order valence-corrected chi connectivity index (χ1v) is 7.13. The molecule has 20 heavy (non-hydrogen) atoms. The van der Waals surface area contributed by atoms with Crippen LogP contribution >= 0.6 is 0 Å². The van der Waals surface area contributed by atoms with Gasteiger partial charge in [0.2, 0.25) is 0 Å². The van der Waals surface area contributed by atoms with E-state index >= 15 is 0 Å². The van der Waals surface area contributed by atoms with Crippen LogP contribution in [0, 0.1) is 6.92 Å². The minimum atomic E-state index is 0.524. The highest BCUT2D eigenvalue weighted by Gasteiger charge is 2.23. The smallest absolute Gasteiger partial charge is 0.107 e. The average Bonchev–Trinajstić information content (AvgIpc) is 3.04. The number of likely N-dealkylation sites (tertiary alicyclic amines) is 1. The number of hydrogen-bond acceptors (Lipinski definition) is 3. The molecule has 0 bridgehead atoms. The predicted molar refractivity (Wildman–Crippen MR) is 80.9 cm³/mol. The summed E-state index contributed by atoms with van der Waals surface area (Å²) in [6.07, 6.45) is 5.07. The Balaban J connectivity index is 1.99. The molecule has 4 nitrogen and oxygen atoms in total. The Bertz CT molecular complexity index is 790. The summed E-state index contributed by atoms with van der Waals surface area (Å²) in [6, 6.07) is 6.96. The molecule has 1 aliphatic rings. The van der Waals surface area contributed by atoms with Crippen molar-refractivity contribution in [3.05, 3.63) is 36.3 Å². The van der Waals surface area contributed by atoms with Crippen LogP contribution in [-0.2, 0) is 0 Å². The van der Waals surface area contributed by atoms with Crippen LogP contribution in [0.15, 0.2) is 30.7 Å². The number of rotatable bonds is 1. The van der Waals surface area contributed by atoms with E-state index in [2.05, 4.69) is 51.6 Å². The lowest BCUT2D eigenvalue weighted by molar-refractivity contribution is 0.395. The van der Waals surface area contributed by atoms with E-state index in [4.69, 9.17) is 0 Å². The van der Waals surface area contributed by atoms with Gasteiger partial charge in [-0.1, -0.05) is 11.6 Å². The Labute approximate surface area is 118 Å². The van der Waals surface area contributed by atoms with Gasteiger partial charge in [-0.25, -0.2) is 4.98 Å². The molecule has 4 heteroatoms. The number of benzene rings is 1. The van der Waals surface area contributed by atoms with Gasteiger partial charge in [-0.15, -0.1) is 0 Å². The molecule has 3 heterocycles. The topological polar surface area (TPSA) is 34.0 Å². The fourth-order valence-corrected chi connectivity index (χ4v) is 3.25. The van der Waals surface area contributed by atoms with Crippen LogP contribution in [0.25, 0.3) is 21.9 Å². The van der Waals surface area contributed by atoms with Crippen LogP contribution in [0.1, 0.15) is 18.0 Å². The van der Waals surface area contributed by atoms with Gasteiger partial charge in [0.25, 0.3) is 0 Å². The summed E-state index contributed by atoms with van der Waals surface area (Å²) in [5.74, 6) is 0. The number of fused-ring (bicyclic) bond motifs is 3. The Morgan fingerprint density at radius 1 is 1.20 bits per heavy atom. The Kier molecular flexibility index (Phi) is 2.54. The van der Waals surface area contributed by atoms with Gasteiger partial charge >= 0.3 is 0 Å². The SMILES string of the molecule is Cc1ccc2ncc3ncn(C4CCN(C)C4)c3c2c1. The normalized spacial score (nSPS) is 20.2. The highest BCUT2D eigenvalue weighted by Crippen LogP contribution is 2.29. The second-order valence-electron chi connectivity index (χ2n) is 5.87. The lowest BCUT2D eigenvalue weighted by Gasteiger charge is -2.14. The third-order valence-electron chi connectivity index (χ3n) is 4.31. The molecule has 1 aliphatic heterocycles. The lowest BCUT2D eigenvalue weighted by Crippen LogP contribution is -2.16. The zero-order chi connectivity index (χ0) is 13.7. The molecule has 1 saturated heterocycles. The van der Waals surface area contributed by atoms with Crippen molar-refractivity contribution in [1.82, 2.24) is 19.4 Å². The molecule has 0 aliphatic carbocycles. The van der Waals surface area contributed by atoms with Crippen LogP contribution in [0.5, 0.6) is 0 Å². The minimum Gasteiger partial charge on any atom is -0.326 e. The number of pyridine rings is 1. The number of hydrogen-bond donors (Lipinski definition) is 0. The van der Waals surface area contributed by atoms with Gasteiger partial charge in [0.1, 0.15) is 5.52 Å². The third-order valence-corrected chi connectivity index (χ3v) is 4.31. The molecule has 0 amide bonds. The molecular formula is C16H18N4. The van der Waals surface area contributed by atoms with Gasteiger partial charge in [0.15, 0.2) is 0 Å². The molecule has 102 valence electrons. The maximum atomic E-state index is 4.55. The monoisotopic (exact) mass is 266 g/mol. The van der Waals surface area contributed by atoms with Gasteiger partial charge < -0.3 is 9.47 Å². The summed E-state index contributed by atoms with van der Waals surface area (Å²) in [7, 11) is 2.18. The highest BCUT2D eigenvalue weighted by molar-refractivity contribution is 6.02. The average molecular weight is 266 g/mol. The van der Waals surface area contributed by atoms with E-state index in [0.717, 1.165) is 24.1 Å². The molecule has 1 unspecified atom stereocenters. The van der Waals surface area contributed by atoms with E-state index in [-0.39, 0.29) is 0 Å². The second-order valence-corrected chi connectivity index (χ2v) is 5.87. The zero-order valence-corrected chi connectivity index (χ0v) is 11.9. The first-order chi connectivity index (χ1) is 9.72. The summed E-state index contributed by atoms with van der Waals surface area (Å²) >= 11 is 0. The van der Waals surface area contributed by atoms with Crippen LogP contribution < -0.4 is 0 Å². The molecule has 1 aromatic carbocycles. The summed E-state index contributed by atoms with van der Waals surface area (Å²) in [5, 5.41) is 1.22. The summed E-state index contributed by atoms with van der Waals surface area (Å²) in [4.78, 5) is 11.4. The minimum absolute atomic E-state index is 0.524. The highest BCUT2D eigenvalue weighted by atomic mass is 15.2. The van der Waals surface area contributed by atoms with Crippen LogP contribution in [-0.4, -0.2) is 39.6 Å². The van der Waals surface area contributed by atoms with E-state index in [1.165, 1.54) is 22.9 Å². The first-order valence-electron chi connectivity index (χ1n) is 7.13. The predicted octanol–water partition coefficient (Wildman–Crippen LogP) is 2.77. The lowest BCUT2D eigenvalue weighted by atomic mass is 10.1. The Morgan fingerprint density at radius 2 is 2.10 bits per heavy atom. The largest absolute Gasteiger partial charge is 0.326 e. The first kappa shape index (κ1) is 11.9. The summed E-state index contributed by atoms with van der Waals surface area (Å²) in [5.41, 5.74) is 4.55. The van der Waals surface area contributed by atoms with Gasteiger partial charge in [-0.2, -0.15) is 0 Å². The summed E-state index contributed by atoms with van der Waals surface area (Å²) < 4.78 is 2.35. The van der Waals surface area contributed by atoms with Crippen molar-refractivity contribution in [2.45, 2.75) is 19.4 Å². The fraction of sp³-hybridized carbons (Fsp3) is 0.375. The van der Waals surface area contributed by atoms with Crippen molar-refractivity contribution in [3.63, 3.8) is 0 Å². The molecular weight excluding hydrogens is 248 g/mol. The van der Waals surface area contributed by atoms with Crippen molar-refractivity contribution < 1.29 is 0 Å². The molecule has 0 spiro atoms. The molecule has 2 aromatic heterocycles. The fourth-order valence-electron chi connectivity index (χ4n) is 3.25. The quantitative estimate of drug-likeness (QED) is 0.679. The molecule has 0 radical (unpaired) electrons. The van der Waals surface area contributed by atoms with Crippen molar-refractivity contribution in [1.29, 1.82) is 0 Å². The van der Waals surface area contributed by atoms with E-state index in [9.17, 15) is 0 Å². The molecule has 4 rings (SSSR count). The van der Waals surface area contributed by atoms with E-state index in [1.807, 2.05) is 12.5 Å². The maximum absolute atomic E-state index is 4.55. The van der Waals surface area contributed by atoms with Crippen LogP contribution in [0.4, 0.5) is 0 Å². The second kappa shape index (κ2) is 4.28. The van der Waals surface area contributed by atoms with Gasteiger partial charge in [-0.05, 0) is 39.1 Å². The molecule has 1 fully saturated rings. The Hall–Kier alpha value is -1.94. The zero-order valence-electron chi connectivity index (χ0n) is 11.9. The number of aryl methyl sites for hydroxylation is 1. The molecule has 1 atom stereocenters. The van der Waals surface area contributed by atoms with Gasteiger partial charge in [-0.3, -0.25) is 4.98 Å². The standard InChI is InChI=1S/C16H18N4/c1-11-3-4-14-13(7-11)16-15(8-17-14)18-10-20(16)12-5-6-19(2)9-12/h3-4,7-8,10,12H,5-6,9H2,1-2H3. The molecule has 0 saturated carbocycles. The van der Waals surface area contributed by atoms with Crippen molar-refractivity contribution in [2.75, 3.05) is 20.1 Å². The number of nitrogens with zero attached hydrogens (tertiary/aromatic N) is 4. The Morgan fingerprint density at radius 3 is 2.90 bits per heavy atom. The summed E-state index contributed by atoms with van der Waals surface area (Å²) in [6.45, 7) is 4.38. The van der Waals surface area contributed by atoms with Gasteiger partial charge in [0, 0.05) is 18.0 Å².